The van der Waals surface area contributed by atoms with E-state index in [1.165, 1.54) is 25.3 Å². The minimum atomic E-state index is -0.706. The number of aromatic hydroxyl groups is 1. The number of ether oxygens (including phenoxy) is 1. The highest BCUT2D eigenvalue weighted by atomic mass is 35.5. The first-order chi connectivity index (χ1) is 15.3. The van der Waals surface area contributed by atoms with E-state index >= 15 is 0 Å². The van der Waals surface area contributed by atoms with Crippen LogP contribution < -0.4 is 10.3 Å². The van der Waals surface area contributed by atoms with E-state index in [9.17, 15) is 20.0 Å². The summed E-state index contributed by atoms with van der Waals surface area (Å²) in [5.74, 6) is -0.937. The number of benzene rings is 1. The molecule has 0 unspecified atom stereocenters. The standard InChI is InChI=1S/C23H19Cl2N3O4/c1-3-7-32-21-17(24)8-15(9-18(21)25)20(29)19-13(2)16(10-26)22(30)28(23(19)31)12-14-5-4-6-27-11-14/h4-6,8-9,11,31H,3,7,12H2,1-2H3. The Morgan fingerprint density at radius 1 is 1.31 bits per heavy atom. The van der Waals surface area contributed by atoms with Crippen molar-refractivity contribution in [2.75, 3.05) is 6.61 Å². The number of carbonyl (C=O) groups is 1. The zero-order valence-corrected chi connectivity index (χ0v) is 18.9. The van der Waals surface area contributed by atoms with Gasteiger partial charge in [0.1, 0.15) is 11.6 Å². The van der Waals surface area contributed by atoms with Crippen LogP contribution in [-0.2, 0) is 6.54 Å². The third-order valence-electron chi connectivity index (χ3n) is 4.80. The van der Waals surface area contributed by atoms with Gasteiger partial charge >= 0.3 is 0 Å². The average molecular weight is 472 g/mol. The number of pyridine rings is 2. The van der Waals surface area contributed by atoms with Gasteiger partial charge in [0.15, 0.2) is 11.5 Å². The van der Waals surface area contributed by atoms with Crippen molar-refractivity contribution in [2.45, 2.75) is 26.8 Å². The Labute approximate surface area is 194 Å². The van der Waals surface area contributed by atoms with Crippen molar-refractivity contribution in [3.63, 3.8) is 0 Å². The second-order valence-corrected chi connectivity index (χ2v) is 7.82. The molecule has 0 aliphatic rings. The lowest BCUT2D eigenvalue weighted by Crippen LogP contribution is -2.27. The van der Waals surface area contributed by atoms with Gasteiger partial charge in [-0.2, -0.15) is 5.26 Å². The monoisotopic (exact) mass is 471 g/mol. The van der Waals surface area contributed by atoms with Crippen molar-refractivity contribution < 1.29 is 14.6 Å². The van der Waals surface area contributed by atoms with Gasteiger partial charge in [-0.3, -0.25) is 19.1 Å². The third-order valence-corrected chi connectivity index (χ3v) is 5.36. The topological polar surface area (TPSA) is 105 Å². The Balaban J connectivity index is 2.15. The maximum Gasteiger partial charge on any atom is 0.271 e. The van der Waals surface area contributed by atoms with E-state index in [1.54, 1.807) is 18.3 Å². The third kappa shape index (κ3) is 4.47. The summed E-state index contributed by atoms with van der Waals surface area (Å²) in [5.41, 5.74) is -0.366. The van der Waals surface area contributed by atoms with Gasteiger partial charge in [0.25, 0.3) is 5.56 Å². The number of carbonyl (C=O) groups excluding carboxylic acids is 1. The minimum absolute atomic E-state index is 0.0704. The predicted molar refractivity (Wildman–Crippen MR) is 121 cm³/mol. The van der Waals surface area contributed by atoms with Crippen LogP contribution in [0.2, 0.25) is 10.0 Å². The highest BCUT2D eigenvalue weighted by Gasteiger charge is 2.26. The molecule has 164 valence electrons. The number of halogens is 2. The molecule has 0 spiro atoms. The maximum absolute atomic E-state index is 13.3. The molecule has 9 heteroatoms. The Morgan fingerprint density at radius 2 is 2.00 bits per heavy atom. The number of hydrogen-bond acceptors (Lipinski definition) is 6. The summed E-state index contributed by atoms with van der Waals surface area (Å²) in [5, 5.41) is 20.7. The zero-order valence-electron chi connectivity index (χ0n) is 17.4. The molecule has 0 fully saturated rings. The van der Waals surface area contributed by atoms with Crippen LogP contribution in [0.15, 0.2) is 41.5 Å². The lowest BCUT2D eigenvalue weighted by Gasteiger charge is -2.16. The van der Waals surface area contributed by atoms with Crippen molar-refractivity contribution in [2.24, 2.45) is 0 Å². The summed E-state index contributed by atoms with van der Waals surface area (Å²) in [7, 11) is 0. The number of ketones is 1. The van der Waals surface area contributed by atoms with E-state index in [1.807, 2.05) is 13.0 Å². The number of hydrogen-bond donors (Lipinski definition) is 1. The van der Waals surface area contributed by atoms with Gasteiger partial charge < -0.3 is 9.84 Å². The molecule has 0 aliphatic heterocycles. The summed E-state index contributed by atoms with van der Waals surface area (Å²) in [6.45, 7) is 3.69. The Morgan fingerprint density at radius 3 is 2.56 bits per heavy atom. The molecule has 1 N–H and O–H groups in total. The molecule has 2 aromatic heterocycles. The molecule has 1 aromatic carbocycles. The number of rotatable bonds is 7. The quantitative estimate of drug-likeness (QED) is 0.508. The van der Waals surface area contributed by atoms with Gasteiger partial charge in [-0.1, -0.05) is 36.2 Å². The number of aromatic nitrogens is 2. The molecule has 7 nitrogen and oxygen atoms in total. The molecule has 0 atom stereocenters. The molecule has 0 saturated heterocycles. The fourth-order valence-corrected chi connectivity index (χ4v) is 3.82. The van der Waals surface area contributed by atoms with Crippen molar-refractivity contribution in [3.8, 4) is 17.7 Å². The Hall–Kier alpha value is -3.34. The van der Waals surface area contributed by atoms with Crippen LogP contribution in [0.4, 0.5) is 0 Å². The van der Waals surface area contributed by atoms with Crippen LogP contribution in [0.1, 0.15) is 46.0 Å². The molecule has 32 heavy (non-hydrogen) atoms. The first-order valence-corrected chi connectivity index (χ1v) is 10.5. The lowest BCUT2D eigenvalue weighted by atomic mass is 9.97. The zero-order chi connectivity index (χ0) is 23.4. The summed E-state index contributed by atoms with van der Waals surface area (Å²) < 4.78 is 6.49. The van der Waals surface area contributed by atoms with Crippen molar-refractivity contribution in [1.82, 2.24) is 9.55 Å². The first-order valence-electron chi connectivity index (χ1n) is 9.72. The van der Waals surface area contributed by atoms with E-state index < -0.39 is 17.2 Å². The molecule has 0 saturated carbocycles. The Kier molecular flexibility index (Phi) is 7.18. The molecular formula is C23H19Cl2N3O4. The van der Waals surface area contributed by atoms with Crippen LogP contribution in [-0.4, -0.2) is 27.0 Å². The van der Waals surface area contributed by atoms with E-state index in [0.717, 1.165) is 11.0 Å². The molecule has 0 aliphatic carbocycles. The smallest absolute Gasteiger partial charge is 0.271 e. The normalized spacial score (nSPS) is 10.6. The molecule has 3 rings (SSSR count). The second-order valence-electron chi connectivity index (χ2n) is 7.01. The van der Waals surface area contributed by atoms with Gasteiger partial charge in [-0.05, 0) is 42.7 Å². The fourth-order valence-electron chi connectivity index (χ4n) is 3.22. The van der Waals surface area contributed by atoms with Gasteiger partial charge in [0.05, 0.1) is 28.8 Å². The lowest BCUT2D eigenvalue weighted by molar-refractivity contribution is 0.103. The highest BCUT2D eigenvalue weighted by molar-refractivity contribution is 6.38. The molecule has 0 bridgehead atoms. The molecule has 3 aromatic rings. The average Bonchev–Trinajstić information content (AvgIpc) is 2.77. The highest BCUT2D eigenvalue weighted by Crippen LogP contribution is 2.36. The van der Waals surface area contributed by atoms with E-state index in [2.05, 4.69) is 4.98 Å². The Bertz CT molecular complexity index is 1260. The van der Waals surface area contributed by atoms with Crippen LogP contribution in [0.25, 0.3) is 0 Å². The molecule has 0 radical (unpaired) electrons. The van der Waals surface area contributed by atoms with E-state index in [4.69, 9.17) is 27.9 Å². The second kappa shape index (κ2) is 9.86. The summed E-state index contributed by atoms with van der Waals surface area (Å²) >= 11 is 12.5. The minimum Gasteiger partial charge on any atom is -0.494 e. The van der Waals surface area contributed by atoms with Gasteiger partial charge in [0, 0.05) is 18.0 Å². The largest absolute Gasteiger partial charge is 0.494 e. The van der Waals surface area contributed by atoms with Crippen LogP contribution in [0.3, 0.4) is 0 Å². The predicted octanol–water partition coefficient (Wildman–Crippen LogP) is 4.50. The van der Waals surface area contributed by atoms with Crippen LogP contribution in [0.5, 0.6) is 11.6 Å². The summed E-state index contributed by atoms with van der Waals surface area (Å²) in [6, 6.07) is 7.97. The van der Waals surface area contributed by atoms with Gasteiger partial charge in [-0.15, -0.1) is 0 Å². The SMILES string of the molecule is CCCOc1c(Cl)cc(C(=O)c2c(C)c(C#N)c(=O)n(Cc3cccnc3)c2O)cc1Cl. The number of nitrogens with zero attached hydrogens (tertiary/aromatic N) is 3. The maximum atomic E-state index is 13.3. The summed E-state index contributed by atoms with van der Waals surface area (Å²) in [4.78, 5) is 30.1. The van der Waals surface area contributed by atoms with Crippen molar-refractivity contribution >= 4 is 29.0 Å². The molecule has 0 amide bonds. The van der Waals surface area contributed by atoms with Crippen molar-refractivity contribution in [3.05, 3.63) is 84.9 Å². The summed E-state index contributed by atoms with van der Waals surface area (Å²) in [6.07, 6.45) is 3.84. The van der Waals surface area contributed by atoms with Crippen LogP contribution >= 0.6 is 23.2 Å². The molecular weight excluding hydrogens is 453 g/mol. The van der Waals surface area contributed by atoms with Crippen LogP contribution in [0, 0.1) is 18.3 Å². The van der Waals surface area contributed by atoms with Gasteiger partial charge in [-0.25, -0.2) is 0 Å². The van der Waals surface area contributed by atoms with Gasteiger partial charge in [0.2, 0.25) is 5.88 Å². The first kappa shape index (κ1) is 23.3. The van der Waals surface area contributed by atoms with E-state index in [-0.39, 0.29) is 44.6 Å². The van der Waals surface area contributed by atoms with E-state index in [0.29, 0.717) is 12.2 Å². The number of nitriles is 1. The van der Waals surface area contributed by atoms with Crippen molar-refractivity contribution in [1.29, 1.82) is 5.26 Å². The molecule has 2 heterocycles. The fraction of sp³-hybridized carbons (Fsp3) is 0.217.